The Hall–Kier alpha value is -1.40. The van der Waals surface area contributed by atoms with Crippen molar-refractivity contribution < 1.29 is 9.53 Å². The fourth-order valence-electron chi connectivity index (χ4n) is 3.62. The van der Waals surface area contributed by atoms with Crippen LogP contribution in [-0.4, -0.2) is 52.9 Å². The molecule has 1 N–H and O–H groups in total. The number of morpholine rings is 1. The van der Waals surface area contributed by atoms with Gasteiger partial charge in [-0.05, 0) is 25.7 Å². The average Bonchev–Trinajstić information content (AvgIpc) is 2.95. The number of anilines is 1. The van der Waals surface area contributed by atoms with Crippen molar-refractivity contribution in [2.24, 2.45) is 5.92 Å². The van der Waals surface area contributed by atoms with E-state index in [1.807, 2.05) is 17.7 Å². The summed E-state index contributed by atoms with van der Waals surface area (Å²) in [5, 5.41) is 7.41. The number of nitrogens with one attached hydrogen (secondary N) is 1. The molecule has 1 aromatic rings. The Bertz CT molecular complexity index is 510. The van der Waals surface area contributed by atoms with Gasteiger partial charge in [0, 0.05) is 25.7 Å². The minimum Gasteiger partial charge on any atom is -0.376 e. The van der Waals surface area contributed by atoms with Gasteiger partial charge in [-0.25, -0.2) is 4.68 Å². The number of hydrogen-bond donors (Lipinski definition) is 1. The molecule has 1 unspecified atom stereocenters. The van der Waals surface area contributed by atoms with Crippen LogP contribution in [0.5, 0.6) is 0 Å². The summed E-state index contributed by atoms with van der Waals surface area (Å²) in [6.07, 6.45) is 8.53. The van der Waals surface area contributed by atoms with Gasteiger partial charge >= 0.3 is 0 Å². The topological polar surface area (TPSA) is 59.4 Å². The lowest BCUT2D eigenvalue weighted by atomic mass is 9.89. The van der Waals surface area contributed by atoms with E-state index in [0.29, 0.717) is 19.1 Å². The highest BCUT2D eigenvalue weighted by Crippen LogP contribution is 2.25. The molecule has 2 heterocycles. The molecular weight excluding hydrogens is 292 g/mol. The van der Waals surface area contributed by atoms with E-state index in [2.05, 4.69) is 15.3 Å². The van der Waals surface area contributed by atoms with Crippen molar-refractivity contribution >= 4 is 11.7 Å². The van der Waals surface area contributed by atoms with Crippen LogP contribution < -0.4 is 5.32 Å². The first kappa shape index (κ1) is 16.5. The average molecular weight is 320 g/mol. The van der Waals surface area contributed by atoms with Crippen LogP contribution >= 0.6 is 0 Å². The van der Waals surface area contributed by atoms with Crippen molar-refractivity contribution in [1.82, 2.24) is 14.7 Å². The Morgan fingerprint density at radius 3 is 3.00 bits per heavy atom. The van der Waals surface area contributed by atoms with Crippen LogP contribution in [0.2, 0.25) is 0 Å². The third-order valence-electron chi connectivity index (χ3n) is 4.83. The van der Waals surface area contributed by atoms with Crippen molar-refractivity contribution in [3.8, 4) is 0 Å². The number of ether oxygens (including phenoxy) is 1. The van der Waals surface area contributed by atoms with Crippen molar-refractivity contribution in [3.05, 3.63) is 12.3 Å². The number of nitrogens with zero attached hydrogens (tertiary/aromatic N) is 3. The van der Waals surface area contributed by atoms with E-state index in [-0.39, 0.29) is 12.0 Å². The molecule has 2 aliphatic rings. The molecule has 0 radical (unpaired) electrons. The van der Waals surface area contributed by atoms with E-state index in [9.17, 15) is 4.79 Å². The molecule has 3 rings (SSSR count). The van der Waals surface area contributed by atoms with Crippen LogP contribution in [-0.2, 0) is 16.1 Å². The van der Waals surface area contributed by atoms with Gasteiger partial charge in [-0.3, -0.25) is 9.69 Å². The van der Waals surface area contributed by atoms with Gasteiger partial charge in [0.15, 0.2) is 0 Å². The molecule has 23 heavy (non-hydrogen) atoms. The van der Waals surface area contributed by atoms with Crippen LogP contribution in [0.1, 0.15) is 39.0 Å². The highest BCUT2D eigenvalue weighted by molar-refractivity contribution is 5.91. The molecule has 1 aliphatic heterocycles. The van der Waals surface area contributed by atoms with E-state index in [1.165, 1.54) is 32.1 Å². The summed E-state index contributed by atoms with van der Waals surface area (Å²) in [5.41, 5.74) is 0. The normalized spacial score (nSPS) is 23.8. The number of amides is 1. The Labute approximate surface area is 138 Å². The van der Waals surface area contributed by atoms with E-state index in [0.717, 1.165) is 25.5 Å². The molecule has 2 fully saturated rings. The summed E-state index contributed by atoms with van der Waals surface area (Å²) in [5.74, 6) is 1.55. The number of carbonyl (C=O) groups is 1. The molecule has 1 aliphatic carbocycles. The van der Waals surface area contributed by atoms with Gasteiger partial charge in [0.05, 0.1) is 25.5 Å². The van der Waals surface area contributed by atoms with Crippen molar-refractivity contribution in [3.63, 3.8) is 0 Å². The second-order valence-electron chi connectivity index (χ2n) is 6.87. The van der Waals surface area contributed by atoms with Gasteiger partial charge < -0.3 is 10.1 Å². The van der Waals surface area contributed by atoms with Gasteiger partial charge in [0.1, 0.15) is 5.82 Å². The van der Waals surface area contributed by atoms with Gasteiger partial charge in [-0.1, -0.05) is 19.3 Å². The summed E-state index contributed by atoms with van der Waals surface area (Å²) in [6, 6.07) is 1.89. The third kappa shape index (κ3) is 4.78. The van der Waals surface area contributed by atoms with E-state index in [1.54, 1.807) is 6.20 Å². The predicted molar refractivity (Wildman–Crippen MR) is 89.3 cm³/mol. The molecule has 0 aromatic carbocycles. The summed E-state index contributed by atoms with van der Waals surface area (Å²) >= 11 is 0. The Morgan fingerprint density at radius 2 is 2.22 bits per heavy atom. The molecule has 128 valence electrons. The highest BCUT2D eigenvalue weighted by atomic mass is 16.5. The molecule has 6 nitrogen and oxygen atoms in total. The summed E-state index contributed by atoms with van der Waals surface area (Å²) in [4.78, 5) is 14.4. The Morgan fingerprint density at radius 1 is 1.39 bits per heavy atom. The fraction of sp³-hybridized carbons (Fsp3) is 0.765. The molecule has 0 bridgehead atoms. The lowest BCUT2D eigenvalue weighted by Gasteiger charge is -2.30. The second-order valence-corrected chi connectivity index (χ2v) is 6.87. The zero-order valence-electron chi connectivity index (χ0n) is 14.0. The van der Waals surface area contributed by atoms with Crippen molar-refractivity contribution in [1.29, 1.82) is 0 Å². The summed E-state index contributed by atoms with van der Waals surface area (Å²) in [6.45, 7) is 5.71. The molecule has 1 aromatic heterocycles. The largest absolute Gasteiger partial charge is 0.376 e. The lowest BCUT2D eigenvalue weighted by molar-refractivity contribution is -0.119. The monoisotopic (exact) mass is 320 g/mol. The van der Waals surface area contributed by atoms with Crippen molar-refractivity contribution in [2.45, 2.75) is 51.7 Å². The van der Waals surface area contributed by atoms with E-state index < -0.39 is 0 Å². The highest BCUT2D eigenvalue weighted by Gasteiger charge is 2.20. The first-order valence-corrected chi connectivity index (χ1v) is 8.86. The van der Waals surface area contributed by atoms with Gasteiger partial charge in [0.2, 0.25) is 5.91 Å². The van der Waals surface area contributed by atoms with Crippen LogP contribution in [0.25, 0.3) is 0 Å². The SMILES string of the molecule is CC1CN(CC(=O)Nc2ccnn2CC2CCCCC2)CCO1. The minimum absolute atomic E-state index is 0.0319. The molecule has 1 saturated heterocycles. The molecule has 1 amide bonds. The summed E-state index contributed by atoms with van der Waals surface area (Å²) in [7, 11) is 0. The fourth-order valence-corrected chi connectivity index (χ4v) is 3.62. The van der Waals surface area contributed by atoms with Gasteiger partial charge in [-0.15, -0.1) is 0 Å². The summed E-state index contributed by atoms with van der Waals surface area (Å²) < 4.78 is 7.47. The molecule has 1 saturated carbocycles. The number of rotatable bonds is 5. The smallest absolute Gasteiger partial charge is 0.239 e. The third-order valence-corrected chi connectivity index (χ3v) is 4.83. The number of carbonyl (C=O) groups excluding carboxylic acids is 1. The van der Waals surface area contributed by atoms with E-state index in [4.69, 9.17) is 4.74 Å². The van der Waals surface area contributed by atoms with Crippen molar-refractivity contribution in [2.75, 3.05) is 31.6 Å². The van der Waals surface area contributed by atoms with Gasteiger partial charge in [0.25, 0.3) is 0 Å². The minimum atomic E-state index is 0.0319. The molecular formula is C17H28N4O2. The predicted octanol–water partition coefficient (Wildman–Crippen LogP) is 2.12. The van der Waals surface area contributed by atoms with Crippen LogP contribution in [0.15, 0.2) is 12.3 Å². The maximum atomic E-state index is 12.3. The number of aromatic nitrogens is 2. The second kappa shape index (κ2) is 7.93. The maximum absolute atomic E-state index is 12.3. The maximum Gasteiger partial charge on any atom is 0.239 e. The zero-order chi connectivity index (χ0) is 16.1. The zero-order valence-corrected chi connectivity index (χ0v) is 14.0. The lowest BCUT2D eigenvalue weighted by Crippen LogP contribution is -2.44. The first-order chi connectivity index (χ1) is 11.2. The van der Waals surface area contributed by atoms with Crippen LogP contribution in [0.3, 0.4) is 0 Å². The first-order valence-electron chi connectivity index (χ1n) is 8.86. The quantitative estimate of drug-likeness (QED) is 0.903. The van der Waals surface area contributed by atoms with Gasteiger partial charge in [-0.2, -0.15) is 5.10 Å². The Kier molecular flexibility index (Phi) is 5.67. The molecule has 6 heteroatoms. The number of hydrogen-bond acceptors (Lipinski definition) is 4. The van der Waals surface area contributed by atoms with E-state index >= 15 is 0 Å². The Balaban J connectivity index is 1.51. The molecule has 0 spiro atoms. The molecule has 1 atom stereocenters. The van der Waals surface area contributed by atoms with Crippen LogP contribution in [0.4, 0.5) is 5.82 Å². The standard InChI is InChI=1S/C17H28N4O2/c1-14-11-20(9-10-23-14)13-17(22)19-16-7-8-18-21(16)12-15-5-3-2-4-6-15/h7-8,14-15H,2-6,9-13H2,1H3,(H,19,22). The van der Waals surface area contributed by atoms with Crippen LogP contribution in [0, 0.1) is 5.92 Å².